The van der Waals surface area contributed by atoms with Crippen LogP contribution in [0.25, 0.3) is 0 Å². The van der Waals surface area contributed by atoms with Crippen molar-refractivity contribution >= 4 is 23.2 Å². The normalized spacial score (nSPS) is 11.8. The minimum absolute atomic E-state index is 0.0438. The van der Waals surface area contributed by atoms with Crippen molar-refractivity contribution in [1.29, 1.82) is 0 Å². The maximum Gasteiger partial charge on any atom is 0.417 e. The van der Waals surface area contributed by atoms with Crippen LogP contribution in [0.15, 0.2) is 18.2 Å². The molecule has 112 valence electrons. The Morgan fingerprint density at radius 2 is 2.00 bits per heavy atom. The molecule has 0 aromatic heterocycles. The molecule has 2 N–H and O–H groups in total. The smallest absolute Gasteiger partial charge is 0.325 e. The number of anilines is 1. The predicted octanol–water partition coefficient (Wildman–Crippen LogP) is 3.54. The Bertz CT molecular complexity index is 475. The highest BCUT2D eigenvalue weighted by atomic mass is 35.5. The van der Waals surface area contributed by atoms with Crippen LogP contribution in [-0.2, 0) is 11.0 Å². The van der Waals surface area contributed by atoms with Gasteiger partial charge < -0.3 is 10.6 Å². The number of benzene rings is 1. The van der Waals surface area contributed by atoms with Gasteiger partial charge in [-0.25, -0.2) is 0 Å². The first kappa shape index (κ1) is 16.8. The van der Waals surface area contributed by atoms with Crippen LogP contribution in [0.2, 0.25) is 5.02 Å². The number of halogens is 4. The molecule has 20 heavy (non-hydrogen) atoms. The van der Waals surface area contributed by atoms with Crippen LogP contribution in [0.3, 0.4) is 0 Å². The lowest BCUT2D eigenvalue weighted by molar-refractivity contribution is -0.137. The van der Waals surface area contributed by atoms with E-state index in [2.05, 4.69) is 10.6 Å². The molecular formula is C13H16ClF3N2O. The molecule has 0 bridgehead atoms. The number of carbonyl (C=O) groups excluding carboxylic acids is 1. The molecule has 1 amide bonds. The summed E-state index contributed by atoms with van der Waals surface area (Å²) in [4.78, 5) is 11.6. The number of amides is 1. The van der Waals surface area contributed by atoms with E-state index in [4.69, 9.17) is 11.6 Å². The molecule has 0 radical (unpaired) electrons. The summed E-state index contributed by atoms with van der Waals surface area (Å²) in [5.74, 6) is -0.0174. The highest BCUT2D eigenvalue weighted by molar-refractivity contribution is 6.31. The van der Waals surface area contributed by atoms with Crippen molar-refractivity contribution in [2.24, 2.45) is 5.92 Å². The lowest BCUT2D eigenvalue weighted by Crippen LogP contribution is -2.30. The number of rotatable bonds is 5. The third kappa shape index (κ3) is 5.38. The van der Waals surface area contributed by atoms with Gasteiger partial charge in [-0.05, 0) is 30.7 Å². The van der Waals surface area contributed by atoms with Gasteiger partial charge in [0, 0.05) is 5.69 Å². The van der Waals surface area contributed by atoms with Gasteiger partial charge in [0.25, 0.3) is 0 Å². The summed E-state index contributed by atoms with van der Waals surface area (Å²) < 4.78 is 37.9. The molecule has 0 aliphatic rings. The predicted molar refractivity (Wildman–Crippen MR) is 72.8 cm³/mol. The van der Waals surface area contributed by atoms with E-state index in [1.165, 1.54) is 6.07 Å². The molecule has 1 rings (SSSR count). The summed E-state index contributed by atoms with van der Waals surface area (Å²) >= 11 is 5.49. The van der Waals surface area contributed by atoms with E-state index < -0.39 is 22.7 Å². The number of hydrogen-bond acceptors (Lipinski definition) is 2. The molecule has 0 heterocycles. The van der Waals surface area contributed by atoms with Crippen LogP contribution < -0.4 is 10.6 Å². The van der Waals surface area contributed by atoms with E-state index in [-0.39, 0.29) is 12.2 Å². The van der Waals surface area contributed by atoms with Crippen LogP contribution in [0.5, 0.6) is 0 Å². The van der Waals surface area contributed by atoms with Gasteiger partial charge in [0.15, 0.2) is 0 Å². The number of carbonyl (C=O) groups is 1. The second-order valence-electron chi connectivity index (χ2n) is 4.77. The van der Waals surface area contributed by atoms with Gasteiger partial charge in [-0.3, -0.25) is 4.79 Å². The van der Waals surface area contributed by atoms with Crippen molar-refractivity contribution in [1.82, 2.24) is 5.32 Å². The zero-order valence-corrected chi connectivity index (χ0v) is 11.9. The van der Waals surface area contributed by atoms with Gasteiger partial charge in [0.05, 0.1) is 17.1 Å². The van der Waals surface area contributed by atoms with Crippen molar-refractivity contribution in [2.45, 2.75) is 20.0 Å². The van der Waals surface area contributed by atoms with Gasteiger partial charge >= 0.3 is 6.18 Å². The van der Waals surface area contributed by atoms with E-state index in [0.29, 0.717) is 12.5 Å². The maximum absolute atomic E-state index is 12.6. The third-order valence-electron chi connectivity index (χ3n) is 2.39. The molecular weight excluding hydrogens is 293 g/mol. The Labute approximate surface area is 120 Å². The zero-order chi connectivity index (χ0) is 15.3. The number of alkyl halides is 3. The van der Waals surface area contributed by atoms with Gasteiger partial charge in [0.2, 0.25) is 5.91 Å². The molecule has 0 saturated carbocycles. The van der Waals surface area contributed by atoms with E-state index >= 15 is 0 Å². The Hall–Kier alpha value is -1.27. The molecule has 0 atom stereocenters. The number of hydrogen-bond donors (Lipinski definition) is 2. The highest BCUT2D eigenvalue weighted by Gasteiger charge is 2.33. The first-order valence-corrected chi connectivity index (χ1v) is 6.45. The van der Waals surface area contributed by atoms with Gasteiger partial charge in [-0.15, -0.1) is 0 Å². The summed E-state index contributed by atoms with van der Waals surface area (Å²) in [6.07, 6.45) is -4.55. The fraction of sp³-hybridized carbons (Fsp3) is 0.462. The zero-order valence-electron chi connectivity index (χ0n) is 11.1. The summed E-state index contributed by atoms with van der Waals surface area (Å²) in [6.45, 7) is 4.67. The molecule has 0 spiro atoms. The van der Waals surface area contributed by atoms with Crippen LogP contribution >= 0.6 is 11.6 Å². The SMILES string of the molecule is CC(C)CNCC(=O)Nc1ccc(Cl)c(C(F)(F)F)c1. The fourth-order valence-corrected chi connectivity index (χ4v) is 1.72. The lowest BCUT2D eigenvalue weighted by atomic mass is 10.2. The molecule has 7 heteroatoms. The summed E-state index contributed by atoms with van der Waals surface area (Å²) in [5.41, 5.74) is -0.898. The average Bonchev–Trinajstić information content (AvgIpc) is 2.29. The van der Waals surface area contributed by atoms with E-state index in [9.17, 15) is 18.0 Å². The molecule has 3 nitrogen and oxygen atoms in total. The van der Waals surface area contributed by atoms with Crippen molar-refractivity contribution < 1.29 is 18.0 Å². The summed E-state index contributed by atoms with van der Waals surface area (Å²) in [5, 5.41) is 4.90. The van der Waals surface area contributed by atoms with E-state index in [1.54, 1.807) is 0 Å². The van der Waals surface area contributed by atoms with Crippen molar-refractivity contribution in [3.05, 3.63) is 28.8 Å². The molecule has 0 unspecified atom stereocenters. The van der Waals surface area contributed by atoms with Crippen molar-refractivity contribution in [3.63, 3.8) is 0 Å². The van der Waals surface area contributed by atoms with E-state index in [0.717, 1.165) is 12.1 Å². The van der Waals surface area contributed by atoms with Crippen molar-refractivity contribution in [3.8, 4) is 0 Å². The maximum atomic E-state index is 12.6. The monoisotopic (exact) mass is 308 g/mol. The first-order valence-electron chi connectivity index (χ1n) is 6.07. The van der Waals surface area contributed by atoms with Crippen LogP contribution in [0.4, 0.5) is 18.9 Å². The topological polar surface area (TPSA) is 41.1 Å². The van der Waals surface area contributed by atoms with Crippen LogP contribution in [-0.4, -0.2) is 19.0 Å². The Morgan fingerprint density at radius 3 is 2.55 bits per heavy atom. The largest absolute Gasteiger partial charge is 0.417 e. The Kier molecular flexibility index (Phi) is 5.83. The summed E-state index contributed by atoms with van der Waals surface area (Å²) in [7, 11) is 0. The standard InChI is InChI=1S/C13H16ClF3N2O/c1-8(2)6-18-7-12(20)19-9-3-4-11(14)10(5-9)13(15,16)17/h3-5,8,18H,6-7H2,1-2H3,(H,19,20). The molecule has 1 aromatic carbocycles. The molecule has 0 fully saturated rings. The first-order chi connectivity index (χ1) is 9.20. The summed E-state index contributed by atoms with van der Waals surface area (Å²) in [6, 6.07) is 3.27. The molecule has 1 aromatic rings. The second-order valence-corrected chi connectivity index (χ2v) is 5.17. The van der Waals surface area contributed by atoms with Gasteiger partial charge in [-0.1, -0.05) is 25.4 Å². The highest BCUT2D eigenvalue weighted by Crippen LogP contribution is 2.36. The molecule has 0 aliphatic carbocycles. The van der Waals surface area contributed by atoms with Crippen LogP contribution in [0, 0.1) is 5.92 Å². The van der Waals surface area contributed by atoms with Gasteiger partial charge in [-0.2, -0.15) is 13.2 Å². The van der Waals surface area contributed by atoms with E-state index in [1.807, 2.05) is 13.8 Å². The second kappa shape index (κ2) is 6.95. The lowest BCUT2D eigenvalue weighted by Gasteiger charge is -2.12. The molecule has 0 aliphatic heterocycles. The quantitative estimate of drug-likeness (QED) is 0.873. The van der Waals surface area contributed by atoms with Gasteiger partial charge in [0.1, 0.15) is 0 Å². The minimum Gasteiger partial charge on any atom is -0.325 e. The molecule has 0 saturated heterocycles. The fourth-order valence-electron chi connectivity index (χ4n) is 1.50. The van der Waals surface area contributed by atoms with Crippen LogP contribution in [0.1, 0.15) is 19.4 Å². The Balaban J connectivity index is 2.67. The van der Waals surface area contributed by atoms with Crippen molar-refractivity contribution in [2.75, 3.05) is 18.4 Å². The third-order valence-corrected chi connectivity index (χ3v) is 2.72. The average molecular weight is 309 g/mol. The minimum atomic E-state index is -4.55. The number of nitrogens with one attached hydrogen (secondary N) is 2. The Morgan fingerprint density at radius 1 is 1.35 bits per heavy atom.